The molecule has 0 saturated heterocycles. The van der Waals surface area contributed by atoms with Crippen LogP contribution in [0.2, 0.25) is 10.0 Å². The maximum Gasteiger partial charge on any atom is 0.253 e. The summed E-state index contributed by atoms with van der Waals surface area (Å²) in [6.07, 6.45) is 2.23. The van der Waals surface area contributed by atoms with E-state index in [1.165, 1.54) is 0 Å². The minimum Gasteiger partial charge on any atom is -0.345 e. The van der Waals surface area contributed by atoms with E-state index < -0.39 is 0 Å². The van der Waals surface area contributed by atoms with Gasteiger partial charge in [-0.3, -0.25) is 4.79 Å². The molecule has 0 spiro atoms. The molecule has 0 heterocycles. The molecule has 0 radical (unpaired) electrons. The fraction of sp³-hybridized carbons (Fsp3) is 0.462. The molecule has 0 bridgehead atoms. The lowest BCUT2D eigenvalue weighted by Gasteiger charge is -2.29. The van der Waals surface area contributed by atoms with Gasteiger partial charge in [-0.2, -0.15) is 0 Å². The summed E-state index contributed by atoms with van der Waals surface area (Å²) >= 11 is 11.8. The number of nitrogens with one attached hydrogen (secondary N) is 1. The number of hydrogen-bond acceptors (Lipinski definition) is 2. The number of benzene rings is 1. The van der Waals surface area contributed by atoms with Crippen LogP contribution in [0, 0.1) is 5.92 Å². The van der Waals surface area contributed by atoms with Crippen LogP contribution in [-0.4, -0.2) is 18.0 Å². The first-order valence-corrected chi connectivity index (χ1v) is 6.69. The maximum atomic E-state index is 12.2. The molecule has 3 nitrogen and oxygen atoms in total. The van der Waals surface area contributed by atoms with Gasteiger partial charge in [0.25, 0.3) is 5.91 Å². The summed E-state index contributed by atoms with van der Waals surface area (Å²) in [6.45, 7) is 2.40. The van der Waals surface area contributed by atoms with Gasteiger partial charge in [-0.15, -0.1) is 0 Å². The predicted molar refractivity (Wildman–Crippen MR) is 74.1 cm³/mol. The van der Waals surface area contributed by atoms with Gasteiger partial charge in [0.05, 0.1) is 16.1 Å². The van der Waals surface area contributed by atoms with E-state index in [2.05, 4.69) is 5.32 Å². The zero-order valence-corrected chi connectivity index (χ0v) is 11.7. The van der Waals surface area contributed by atoms with Crippen molar-refractivity contribution in [2.45, 2.75) is 25.3 Å². The number of halogens is 2. The Morgan fingerprint density at radius 3 is 2.67 bits per heavy atom. The van der Waals surface area contributed by atoms with Gasteiger partial charge in [-0.1, -0.05) is 23.2 Å². The first kappa shape index (κ1) is 13.7. The van der Waals surface area contributed by atoms with E-state index in [0.29, 0.717) is 28.1 Å². The molecule has 1 aromatic carbocycles. The quantitative estimate of drug-likeness (QED) is 0.894. The second-order valence-electron chi connectivity index (χ2n) is 4.97. The number of amides is 1. The lowest BCUT2D eigenvalue weighted by molar-refractivity contribution is 0.0898. The van der Waals surface area contributed by atoms with Gasteiger partial charge in [-0.05, 0) is 43.9 Å². The summed E-state index contributed by atoms with van der Waals surface area (Å²) in [5, 5.41) is 3.86. The van der Waals surface area contributed by atoms with Gasteiger partial charge < -0.3 is 11.1 Å². The fourth-order valence-corrected chi connectivity index (χ4v) is 2.53. The Labute approximate surface area is 117 Å². The SMILES string of the molecule is CC(CN)(NC(=O)c1ccc(Cl)cc1Cl)C1CC1. The van der Waals surface area contributed by atoms with E-state index in [1.807, 2.05) is 6.92 Å². The minimum absolute atomic E-state index is 0.198. The zero-order valence-electron chi connectivity index (χ0n) is 10.2. The van der Waals surface area contributed by atoms with Crippen LogP contribution in [0.4, 0.5) is 0 Å². The Hall–Kier alpha value is -0.770. The minimum atomic E-state index is -0.347. The van der Waals surface area contributed by atoms with Crippen LogP contribution in [0.5, 0.6) is 0 Å². The van der Waals surface area contributed by atoms with Crippen molar-refractivity contribution in [2.75, 3.05) is 6.54 Å². The van der Waals surface area contributed by atoms with E-state index in [4.69, 9.17) is 28.9 Å². The zero-order chi connectivity index (χ0) is 13.3. The van der Waals surface area contributed by atoms with E-state index in [-0.39, 0.29) is 11.4 Å². The molecule has 98 valence electrons. The second kappa shape index (κ2) is 5.08. The standard InChI is InChI=1S/C13H16Cl2N2O/c1-13(7-16,8-2-3-8)17-12(18)10-5-4-9(14)6-11(10)15/h4-6,8H,2-3,7,16H2,1H3,(H,17,18). The monoisotopic (exact) mass is 286 g/mol. The fourth-order valence-electron chi connectivity index (χ4n) is 2.04. The van der Waals surface area contributed by atoms with E-state index in [1.54, 1.807) is 18.2 Å². The molecular formula is C13H16Cl2N2O. The Kier molecular flexibility index (Phi) is 3.85. The average Bonchev–Trinajstić information content (AvgIpc) is 3.12. The number of carbonyl (C=O) groups excluding carboxylic acids is 1. The summed E-state index contributed by atoms with van der Waals surface area (Å²) in [6, 6.07) is 4.85. The third-order valence-electron chi connectivity index (χ3n) is 3.48. The van der Waals surface area contributed by atoms with Crippen molar-refractivity contribution in [3.05, 3.63) is 33.8 Å². The largest absolute Gasteiger partial charge is 0.345 e. The molecule has 1 aromatic rings. The Balaban J connectivity index is 2.16. The molecule has 1 aliphatic carbocycles. The van der Waals surface area contributed by atoms with Crippen LogP contribution >= 0.6 is 23.2 Å². The number of nitrogens with two attached hydrogens (primary N) is 1. The Morgan fingerprint density at radius 1 is 1.50 bits per heavy atom. The molecule has 0 aromatic heterocycles. The van der Waals surface area contributed by atoms with Crippen molar-refractivity contribution in [1.29, 1.82) is 0 Å². The van der Waals surface area contributed by atoms with Crippen molar-refractivity contribution < 1.29 is 4.79 Å². The first-order valence-electron chi connectivity index (χ1n) is 5.94. The van der Waals surface area contributed by atoms with Crippen LogP contribution in [0.25, 0.3) is 0 Å². The highest BCUT2D eigenvalue weighted by Crippen LogP contribution is 2.39. The smallest absolute Gasteiger partial charge is 0.253 e. The third kappa shape index (κ3) is 2.79. The van der Waals surface area contributed by atoms with Crippen molar-refractivity contribution in [3.8, 4) is 0 Å². The summed E-state index contributed by atoms with van der Waals surface area (Å²) in [4.78, 5) is 12.2. The molecule has 2 rings (SSSR count). The summed E-state index contributed by atoms with van der Waals surface area (Å²) in [5.74, 6) is 0.272. The molecule has 1 aliphatic rings. The van der Waals surface area contributed by atoms with Crippen LogP contribution in [-0.2, 0) is 0 Å². The highest BCUT2D eigenvalue weighted by molar-refractivity contribution is 6.36. The molecular weight excluding hydrogens is 271 g/mol. The van der Waals surface area contributed by atoms with Crippen molar-refractivity contribution in [2.24, 2.45) is 11.7 Å². The average molecular weight is 287 g/mol. The van der Waals surface area contributed by atoms with E-state index in [9.17, 15) is 4.79 Å². The first-order chi connectivity index (χ1) is 8.46. The molecule has 3 N–H and O–H groups in total. The van der Waals surface area contributed by atoms with Crippen LogP contribution in [0.3, 0.4) is 0 Å². The number of rotatable bonds is 4. The van der Waals surface area contributed by atoms with Crippen molar-refractivity contribution in [1.82, 2.24) is 5.32 Å². The molecule has 1 amide bonds. The molecule has 5 heteroatoms. The topological polar surface area (TPSA) is 55.1 Å². The number of hydrogen-bond donors (Lipinski definition) is 2. The normalized spacial score (nSPS) is 18.2. The molecule has 1 atom stereocenters. The molecule has 18 heavy (non-hydrogen) atoms. The number of carbonyl (C=O) groups is 1. The van der Waals surface area contributed by atoms with Gasteiger partial charge in [0.1, 0.15) is 0 Å². The molecule has 1 saturated carbocycles. The van der Waals surface area contributed by atoms with Gasteiger partial charge in [-0.25, -0.2) is 0 Å². The van der Waals surface area contributed by atoms with Gasteiger partial charge >= 0.3 is 0 Å². The highest BCUT2D eigenvalue weighted by atomic mass is 35.5. The van der Waals surface area contributed by atoms with Crippen molar-refractivity contribution in [3.63, 3.8) is 0 Å². The summed E-state index contributed by atoms with van der Waals surface area (Å²) in [5.41, 5.74) is 5.85. The highest BCUT2D eigenvalue weighted by Gasteiger charge is 2.41. The predicted octanol–water partition coefficient (Wildman–Crippen LogP) is 2.85. The van der Waals surface area contributed by atoms with Gasteiger partial charge in [0.2, 0.25) is 0 Å². The van der Waals surface area contributed by atoms with Gasteiger partial charge in [0, 0.05) is 11.6 Å². The van der Waals surface area contributed by atoms with E-state index in [0.717, 1.165) is 12.8 Å². The molecule has 1 fully saturated rings. The van der Waals surface area contributed by atoms with Crippen molar-refractivity contribution >= 4 is 29.1 Å². The van der Waals surface area contributed by atoms with Crippen LogP contribution in [0.1, 0.15) is 30.1 Å². The lowest BCUT2D eigenvalue weighted by Crippen LogP contribution is -2.53. The summed E-state index contributed by atoms with van der Waals surface area (Å²) in [7, 11) is 0. The lowest BCUT2D eigenvalue weighted by atomic mass is 9.95. The third-order valence-corrected chi connectivity index (χ3v) is 4.03. The second-order valence-corrected chi connectivity index (χ2v) is 5.82. The van der Waals surface area contributed by atoms with Crippen LogP contribution in [0.15, 0.2) is 18.2 Å². The Morgan fingerprint density at radius 2 is 2.17 bits per heavy atom. The Bertz CT molecular complexity index is 474. The maximum absolute atomic E-state index is 12.2. The van der Waals surface area contributed by atoms with Gasteiger partial charge in [0.15, 0.2) is 0 Å². The molecule has 1 unspecified atom stereocenters. The molecule has 0 aliphatic heterocycles. The van der Waals surface area contributed by atoms with Crippen LogP contribution < -0.4 is 11.1 Å². The summed E-state index contributed by atoms with van der Waals surface area (Å²) < 4.78 is 0. The van der Waals surface area contributed by atoms with E-state index >= 15 is 0 Å².